The predicted octanol–water partition coefficient (Wildman–Crippen LogP) is 8.73. The number of aromatic carboxylic acids is 1. The van der Waals surface area contributed by atoms with Gasteiger partial charge in [-0.2, -0.15) is 5.10 Å². The number of carboxylic acids is 1. The molecule has 8 nitrogen and oxygen atoms in total. The van der Waals surface area contributed by atoms with Crippen molar-refractivity contribution in [3.63, 3.8) is 0 Å². The summed E-state index contributed by atoms with van der Waals surface area (Å²) in [6.45, 7) is 10.9. The number of fused-ring (bicyclic) bond motifs is 3. The van der Waals surface area contributed by atoms with Crippen LogP contribution in [0.25, 0.3) is 22.0 Å². The molecule has 1 amide bonds. The van der Waals surface area contributed by atoms with Crippen LogP contribution < -0.4 is 9.64 Å². The standard InChI is InChI=1S/C37H38Cl2N4O4/c1-7-25-19-42-34-29(13-14-30(38)32(34)31-22(4)40-41(6)23(31)5)28(12-9-15-47-27-16-20(2)33(39)21(3)17-27)35(42)36(44)43(25)26-11-8-10-24(18-26)37(45)46/h8,10-11,13-14,16-18,25H,7,9,12,15,19H2,1-6H3,(H,45,46)/t25-/m1/s1. The van der Waals surface area contributed by atoms with Crippen LogP contribution in [0.4, 0.5) is 5.69 Å². The number of aromatic nitrogens is 3. The highest BCUT2D eigenvalue weighted by molar-refractivity contribution is 6.35. The lowest BCUT2D eigenvalue weighted by Crippen LogP contribution is -2.48. The lowest BCUT2D eigenvalue weighted by Gasteiger charge is -2.37. The molecule has 47 heavy (non-hydrogen) atoms. The number of halogens is 2. The van der Waals surface area contributed by atoms with Gasteiger partial charge >= 0.3 is 5.97 Å². The number of anilines is 1. The summed E-state index contributed by atoms with van der Waals surface area (Å²) in [5, 5.41) is 16.7. The Morgan fingerprint density at radius 3 is 2.40 bits per heavy atom. The van der Waals surface area contributed by atoms with Crippen LogP contribution in [-0.4, -0.2) is 44.0 Å². The fourth-order valence-electron chi connectivity index (χ4n) is 6.98. The number of carbonyl (C=O) groups excluding carboxylic acids is 1. The van der Waals surface area contributed by atoms with E-state index in [0.717, 1.165) is 60.9 Å². The Balaban J connectivity index is 1.49. The van der Waals surface area contributed by atoms with Crippen molar-refractivity contribution >= 4 is 51.7 Å². The average Bonchev–Trinajstić information content (AvgIpc) is 3.49. The molecule has 1 aliphatic rings. The van der Waals surface area contributed by atoms with E-state index in [2.05, 4.69) is 9.67 Å². The smallest absolute Gasteiger partial charge is 0.335 e. The summed E-state index contributed by atoms with van der Waals surface area (Å²) in [6.07, 6.45) is 1.92. The van der Waals surface area contributed by atoms with E-state index in [4.69, 9.17) is 27.9 Å². The normalized spacial score (nSPS) is 14.6. The quantitative estimate of drug-likeness (QED) is 0.158. The van der Waals surface area contributed by atoms with E-state index < -0.39 is 5.97 Å². The summed E-state index contributed by atoms with van der Waals surface area (Å²) in [7, 11) is 1.92. The highest BCUT2D eigenvalue weighted by Crippen LogP contribution is 2.44. The Hall–Kier alpha value is -4.27. The van der Waals surface area contributed by atoms with E-state index in [1.165, 1.54) is 0 Å². The molecule has 3 aromatic carbocycles. The molecule has 0 radical (unpaired) electrons. The highest BCUT2D eigenvalue weighted by Gasteiger charge is 2.38. The molecular formula is C37H38Cl2N4O4. The van der Waals surface area contributed by atoms with Crippen molar-refractivity contribution in [2.75, 3.05) is 11.5 Å². The van der Waals surface area contributed by atoms with E-state index in [0.29, 0.717) is 48.8 Å². The van der Waals surface area contributed by atoms with Crippen molar-refractivity contribution in [1.29, 1.82) is 0 Å². The largest absolute Gasteiger partial charge is 0.494 e. The van der Waals surface area contributed by atoms with E-state index in [-0.39, 0.29) is 17.5 Å². The monoisotopic (exact) mass is 672 g/mol. The molecule has 0 unspecified atom stereocenters. The zero-order chi connectivity index (χ0) is 33.7. The minimum Gasteiger partial charge on any atom is -0.494 e. The van der Waals surface area contributed by atoms with Crippen LogP contribution in [-0.2, 0) is 20.0 Å². The average molecular weight is 674 g/mol. The van der Waals surface area contributed by atoms with Crippen molar-refractivity contribution in [1.82, 2.24) is 14.3 Å². The minimum absolute atomic E-state index is 0.137. The number of hydrogen-bond acceptors (Lipinski definition) is 4. The lowest BCUT2D eigenvalue weighted by atomic mass is 9.98. The fourth-order valence-corrected chi connectivity index (χ4v) is 7.33. The van der Waals surface area contributed by atoms with Gasteiger partial charge in [-0.3, -0.25) is 9.48 Å². The van der Waals surface area contributed by atoms with Gasteiger partial charge in [0.1, 0.15) is 11.4 Å². The van der Waals surface area contributed by atoms with Crippen LogP contribution in [0.1, 0.15) is 68.7 Å². The topological polar surface area (TPSA) is 89.6 Å². The molecule has 10 heteroatoms. The molecule has 1 atom stereocenters. The third kappa shape index (κ3) is 5.68. The number of carbonyl (C=O) groups is 2. The van der Waals surface area contributed by atoms with Gasteiger partial charge in [-0.1, -0.05) is 42.3 Å². The summed E-state index contributed by atoms with van der Waals surface area (Å²) in [6, 6.07) is 14.2. The number of rotatable bonds is 9. The Morgan fingerprint density at radius 2 is 1.77 bits per heavy atom. The summed E-state index contributed by atoms with van der Waals surface area (Å²) in [5.41, 5.74) is 8.72. The molecule has 3 heterocycles. The number of amides is 1. The number of benzene rings is 3. The molecule has 1 N–H and O–H groups in total. The van der Waals surface area contributed by atoms with E-state index >= 15 is 0 Å². The van der Waals surface area contributed by atoms with Crippen LogP contribution in [0.3, 0.4) is 0 Å². The number of nitrogens with zero attached hydrogens (tertiary/aromatic N) is 4. The van der Waals surface area contributed by atoms with Gasteiger partial charge in [0.25, 0.3) is 5.91 Å². The van der Waals surface area contributed by atoms with Gasteiger partial charge in [-0.05, 0) is 100 Å². The van der Waals surface area contributed by atoms with E-state index in [1.807, 2.05) is 70.6 Å². The Morgan fingerprint density at radius 1 is 1.04 bits per heavy atom. The summed E-state index contributed by atoms with van der Waals surface area (Å²) >= 11 is 13.4. The maximum absolute atomic E-state index is 14.8. The molecule has 5 aromatic rings. The van der Waals surface area contributed by atoms with Crippen LogP contribution in [0.15, 0.2) is 48.5 Å². The number of aryl methyl sites for hydroxylation is 5. The van der Waals surface area contributed by atoms with Gasteiger partial charge in [-0.25, -0.2) is 4.79 Å². The predicted molar refractivity (Wildman–Crippen MR) is 188 cm³/mol. The second-order valence-electron chi connectivity index (χ2n) is 12.3. The SMILES string of the molecule is CC[C@@H]1Cn2c(c(CCCOc3cc(C)c(Cl)c(C)c3)c3ccc(Cl)c(-c4c(C)nn(C)c4C)c32)C(=O)N1c1cccc(C(=O)O)c1. The second kappa shape index (κ2) is 12.7. The zero-order valence-electron chi connectivity index (χ0n) is 27.4. The van der Waals surface area contributed by atoms with Gasteiger partial charge in [0, 0.05) is 46.5 Å². The van der Waals surface area contributed by atoms with Gasteiger partial charge < -0.3 is 19.3 Å². The molecule has 6 rings (SSSR count). The molecule has 0 bridgehead atoms. The Bertz CT molecular complexity index is 2040. The molecule has 1 aliphatic heterocycles. The molecule has 0 spiro atoms. The molecule has 0 fully saturated rings. The third-order valence-electron chi connectivity index (χ3n) is 9.31. The Labute approximate surface area is 284 Å². The molecule has 2 aromatic heterocycles. The molecule has 0 saturated heterocycles. The molecular weight excluding hydrogens is 635 g/mol. The van der Waals surface area contributed by atoms with Crippen LogP contribution >= 0.6 is 23.2 Å². The summed E-state index contributed by atoms with van der Waals surface area (Å²) in [4.78, 5) is 28.4. The van der Waals surface area contributed by atoms with Gasteiger partial charge in [-0.15, -0.1) is 0 Å². The van der Waals surface area contributed by atoms with Crippen LogP contribution in [0.5, 0.6) is 5.75 Å². The van der Waals surface area contributed by atoms with Gasteiger partial charge in [0.15, 0.2) is 0 Å². The van der Waals surface area contributed by atoms with Crippen molar-refractivity contribution in [2.24, 2.45) is 7.05 Å². The van der Waals surface area contributed by atoms with Crippen LogP contribution in [0.2, 0.25) is 10.0 Å². The summed E-state index contributed by atoms with van der Waals surface area (Å²) in [5.74, 6) is -0.439. The maximum Gasteiger partial charge on any atom is 0.335 e. The first-order valence-electron chi connectivity index (χ1n) is 15.8. The number of ether oxygens (including phenoxy) is 1. The minimum atomic E-state index is -1.04. The first-order valence-corrected chi connectivity index (χ1v) is 16.6. The maximum atomic E-state index is 14.8. The number of carboxylic acid groups (broad SMARTS) is 1. The number of hydrogen-bond donors (Lipinski definition) is 1. The van der Waals surface area contributed by atoms with Crippen molar-refractivity contribution < 1.29 is 19.4 Å². The molecule has 0 aliphatic carbocycles. The van der Waals surface area contributed by atoms with Gasteiger partial charge in [0.2, 0.25) is 0 Å². The van der Waals surface area contributed by atoms with Crippen molar-refractivity contribution in [2.45, 2.75) is 66.5 Å². The third-order valence-corrected chi connectivity index (χ3v) is 10.2. The summed E-state index contributed by atoms with van der Waals surface area (Å²) < 4.78 is 10.2. The Kier molecular flexibility index (Phi) is 8.85. The fraction of sp³-hybridized carbons (Fsp3) is 0.324. The van der Waals surface area contributed by atoms with Crippen LogP contribution in [0, 0.1) is 27.7 Å². The molecule has 0 saturated carbocycles. The lowest BCUT2D eigenvalue weighted by molar-refractivity contribution is 0.0696. The van der Waals surface area contributed by atoms with Gasteiger partial charge in [0.05, 0.1) is 34.4 Å². The first kappa shape index (κ1) is 32.7. The highest BCUT2D eigenvalue weighted by atomic mass is 35.5. The second-order valence-corrected chi connectivity index (χ2v) is 13.1. The van der Waals surface area contributed by atoms with E-state index in [1.54, 1.807) is 29.2 Å². The van der Waals surface area contributed by atoms with Crippen molar-refractivity contribution in [3.8, 4) is 16.9 Å². The zero-order valence-corrected chi connectivity index (χ0v) is 29.0. The molecule has 244 valence electrons. The first-order chi connectivity index (χ1) is 22.4. The van der Waals surface area contributed by atoms with E-state index in [9.17, 15) is 14.7 Å². The van der Waals surface area contributed by atoms with Crippen molar-refractivity contribution in [3.05, 3.63) is 97.9 Å².